The number of aryl methyl sites for hydroxylation is 1. The van der Waals surface area contributed by atoms with E-state index in [4.69, 9.17) is 4.74 Å². The summed E-state index contributed by atoms with van der Waals surface area (Å²) >= 11 is 0. The molecule has 1 spiro atoms. The van der Waals surface area contributed by atoms with Crippen molar-refractivity contribution in [3.63, 3.8) is 0 Å². The van der Waals surface area contributed by atoms with Gasteiger partial charge in [-0.15, -0.1) is 0 Å². The number of amides is 2. The second kappa shape index (κ2) is 5.88. The smallest absolute Gasteiger partial charge is 0.274 e. The standard InChI is InChI=1S/C17H24N4O3/c1-20-5-4-14(19-20)16(23)21-10-17(11-21)7-13(9-24-17)6-15(22)18-8-12-2-3-12/h4-5,12-13H,2-3,6-11H2,1H3,(H,18,22). The van der Waals surface area contributed by atoms with E-state index in [0.29, 0.717) is 37.7 Å². The van der Waals surface area contributed by atoms with Crippen molar-refractivity contribution in [2.75, 3.05) is 26.2 Å². The molecule has 7 heteroatoms. The van der Waals surface area contributed by atoms with E-state index in [0.717, 1.165) is 13.0 Å². The predicted molar refractivity (Wildman–Crippen MR) is 86.3 cm³/mol. The van der Waals surface area contributed by atoms with Crippen LogP contribution < -0.4 is 5.32 Å². The van der Waals surface area contributed by atoms with Gasteiger partial charge >= 0.3 is 0 Å². The van der Waals surface area contributed by atoms with Gasteiger partial charge in [-0.2, -0.15) is 5.10 Å². The van der Waals surface area contributed by atoms with Crippen LogP contribution in [0, 0.1) is 11.8 Å². The summed E-state index contributed by atoms with van der Waals surface area (Å²) in [5, 5.41) is 7.17. The maximum Gasteiger partial charge on any atom is 0.274 e. The van der Waals surface area contributed by atoms with Crippen molar-refractivity contribution < 1.29 is 14.3 Å². The molecule has 3 aliphatic rings. The number of ether oxygens (including phenoxy) is 1. The molecule has 3 fully saturated rings. The number of hydrogen-bond acceptors (Lipinski definition) is 4. The minimum absolute atomic E-state index is 0.0459. The molecule has 1 aliphatic carbocycles. The van der Waals surface area contributed by atoms with Crippen LogP contribution in [0.25, 0.3) is 0 Å². The van der Waals surface area contributed by atoms with Gasteiger partial charge in [-0.3, -0.25) is 14.3 Å². The third-order valence-electron chi connectivity index (χ3n) is 5.22. The summed E-state index contributed by atoms with van der Waals surface area (Å²) in [4.78, 5) is 26.1. The van der Waals surface area contributed by atoms with Gasteiger partial charge in [0.1, 0.15) is 11.3 Å². The van der Waals surface area contributed by atoms with Crippen molar-refractivity contribution in [2.45, 2.75) is 31.3 Å². The highest BCUT2D eigenvalue weighted by Gasteiger charge is 2.51. The van der Waals surface area contributed by atoms with Crippen LogP contribution in [0.2, 0.25) is 0 Å². The fourth-order valence-electron chi connectivity index (χ4n) is 3.69. The molecule has 4 rings (SSSR count). The zero-order valence-corrected chi connectivity index (χ0v) is 14.0. The molecule has 0 aromatic carbocycles. The van der Waals surface area contributed by atoms with E-state index >= 15 is 0 Å². The van der Waals surface area contributed by atoms with Crippen LogP contribution >= 0.6 is 0 Å². The van der Waals surface area contributed by atoms with Crippen molar-refractivity contribution >= 4 is 11.8 Å². The Bertz CT molecular complexity index is 646. The topological polar surface area (TPSA) is 76.5 Å². The third kappa shape index (κ3) is 3.17. The number of nitrogens with one attached hydrogen (secondary N) is 1. The van der Waals surface area contributed by atoms with Gasteiger partial charge < -0.3 is 15.0 Å². The molecule has 1 atom stereocenters. The average molecular weight is 332 g/mol. The lowest BCUT2D eigenvalue weighted by molar-refractivity contribution is -0.122. The molecule has 2 amide bonds. The second-order valence-corrected chi connectivity index (χ2v) is 7.55. The molecule has 2 aliphatic heterocycles. The highest BCUT2D eigenvalue weighted by Crippen LogP contribution is 2.39. The van der Waals surface area contributed by atoms with Crippen LogP contribution in [0.3, 0.4) is 0 Å². The fourth-order valence-corrected chi connectivity index (χ4v) is 3.69. The Morgan fingerprint density at radius 1 is 1.38 bits per heavy atom. The van der Waals surface area contributed by atoms with Gasteiger partial charge in [0.05, 0.1) is 19.7 Å². The lowest BCUT2D eigenvalue weighted by Gasteiger charge is -2.46. The van der Waals surface area contributed by atoms with Gasteiger partial charge in [-0.1, -0.05) is 0 Å². The fraction of sp³-hybridized carbons (Fsp3) is 0.706. The first-order chi connectivity index (χ1) is 11.5. The summed E-state index contributed by atoms with van der Waals surface area (Å²) in [6.45, 7) is 2.64. The first kappa shape index (κ1) is 15.6. The summed E-state index contributed by atoms with van der Waals surface area (Å²) in [6, 6.07) is 1.73. The molecule has 7 nitrogen and oxygen atoms in total. The largest absolute Gasteiger partial charge is 0.371 e. The molecule has 1 aromatic rings. The maximum absolute atomic E-state index is 12.3. The predicted octanol–water partition coefficient (Wildman–Crippen LogP) is 0.567. The number of nitrogens with zero attached hydrogens (tertiary/aromatic N) is 3. The molecule has 2 saturated heterocycles. The summed E-state index contributed by atoms with van der Waals surface area (Å²) in [7, 11) is 1.80. The number of hydrogen-bond donors (Lipinski definition) is 1. The van der Waals surface area contributed by atoms with Crippen LogP contribution in [-0.2, 0) is 16.6 Å². The van der Waals surface area contributed by atoms with Crippen LogP contribution in [0.15, 0.2) is 12.3 Å². The quantitative estimate of drug-likeness (QED) is 0.855. The van der Waals surface area contributed by atoms with Crippen molar-refractivity contribution in [3.05, 3.63) is 18.0 Å². The molecule has 3 heterocycles. The zero-order valence-electron chi connectivity index (χ0n) is 14.0. The Hall–Kier alpha value is -1.89. The maximum atomic E-state index is 12.3. The van der Waals surface area contributed by atoms with E-state index in [1.54, 1.807) is 28.9 Å². The van der Waals surface area contributed by atoms with Crippen LogP contribution in [0.4, 0.5) is 0 Å². The van der Waals surface area contributed by atoms with Crippen LogP contribution in [0.1, 0.15) is 36.2 Å². The number of carbonyl (C=O) groups is 2. The van der Waals surface area contributed by atoms with Crippen molar-refractivity contribution in [2.24, 2.45) is 18.9 Å². The number of rotatable bonds is 5. The minimum Gasteiger partial charge on any atom is -0.371 e. The van der Waals surface area contributed by atoms with Crippen molar-refractivity contribution in [3.8, 4) is 0 Å². The van der Waals surface area contributed by atoms with E-state index in [1.807, 2.05) is 0 Å². The van der Waals surface area contributed by atoms with Gasteiger partial charge in [-0.05, 0) is 37.2 Å². The monoisotopic (exact) mass is 332 g/mol. The second-order valence-electron chi connectivity index (χ2n) is 7.55. The van der Waals surface area contributed by atoms with E-state index < -0.39 is 0 Å². The first-order valence-electron chi connectivity index (χ1n) is 8.73. The molecule has 0 radical (unpaired) electrons. The van der Waals surface area contributed by atoms with Crippen molar-refractivity contribution in [1.82, 2.24) is 20.0 Å². The summed E-state index contributed by atoms with van der Waals surface area (Å²) in [5.41, 5.74) is 0.229. The molecular weight excluding hydrogens is 308 g/mol. The average Bonchev–Trinajstić information content (AvgIpc) is 3.10. The van der Waals surface area contributed by atoms with Crippen molar-refractivity contribution in [1.29, 1.82) is 0 Å². The molecule has 1 aromatic heterocycles. The van der Waals surface area contributed by atoms with E-state index in [1.165, 1.54) is 12.8 Å². The Balaban J connectivity index is 1.24. The summed E-state index contributed by atoms with van der Waals surface area (Å²) in [6.07, 6.45) is 5.65. The van der Waals surface area contributed by atoms with Gasteiger partial charge in [0.2, 0.25) is 5.91 Å². The SMILES string of the molecule is Cn1ccc(C(=O)N2CC3(CC(CC(=O)NCC4CC4)CO3)C2)n1. The van der Waals surface area contributed by atoms with Gasteiger partial charge in [0.15, 0.2) is 0 Å². The lowest BCUT2D eigenvalue weighted by atomic mass is 9.85. The Morgan fingerprint density at radius 3 is 2.83 bits per heavy atom. The van der Waals surface area contributed by atoms with E-state index in [9.17, 15) is 9.59 Å². The van der Waals surface area contributed by atoms with Gasteiger partial charge in [0.25, 0.3) is 5.91 Å². The van der Waals surface area contributed by atoms with Gasteiger partial charge in [0, 0.05) is 26.2 Å². The zero-order chi connectivity index (χ0) is 16.7. The van der Waals surface area contributed by atoms with E-state index in [2.05, 4.69) is 10.4 Å². The Kier molecular flexibility index (Phi) is 3.83. The van der Waals surface area contributed by atoms with Crippen LogP contribution in [-0.4, -0.2) is 58.3 Å². The lowest BCUT2D eigenvalue weighted by Crippen LogP contribution is -2.63. The molecule has 130 valence electrons. The Labute approximate surface area is 141 Å². The number of carbonyl (C=O) groups excluding carboxylic acids is 2. The summed E-state index contributed by atoms with van der Waals surface area (Å²) < 4.78 is 7.58. The molecular formula is C17H24N4O3. The molecule has 1 saturated carbocycles. The highest BCUT2D eigenvalue weighted by atomic mass is 16.5. The number of aromatic nitrogens is 2. The third-order valence-corrected chi connectivity index (χ3v) is 5.22. The molecule has 0 bridgehead atoms. The molecule has 1 N–H and O–H groups in total. The first-order valence-corrected chi connectivity index (χ1v) is 8.73. The van der Waals surface area contributed by atoms with E-state index in [-0.39, 0.29) is 23.3 Å². The Morgan fingerprint density at radius 2 is 2.17 bits per heavy atom. The number of likely N-dealkylation sites (tertiary alicyclic amines) is 1. The summed E-state index contributed by atoms with van der Waals surface area (Å²) in [5.74, 6) is 1.05. The normalized spacial score (nSPS) is 24.9. The molecule has 24 heavy (non-hydrogen) atoms. The highest BCUT2D eigenvalue weighted by molar-refractivity contribution is 5.93. The minimum atomic E-state index is -0.244. The van der Waals surface area contributed by atoms with Gasteiger partial charge in [-0.25, -0.2) is 0 Å². The van der Waals surface area contributed by atoms with Crippen LogP contribution in [0.5, 0.6) is 0 Å². The molecule has 1 unspecified atom stereocenters.